The molecule has 21 heavy (non-hydrogen) atoms. The Morgan fingerprint density at radius 3 is 0.905 bits per heavy atom. The van der Waals surface area contributed by atoms with Crippen LogP contribution in [-0.2, 0) is 22.4 Å². The third kappa shape index (κ3) is 4.64. The van der Waals surface area contributed by atoms with Crippen molar-refractivity contribution in [1.82, 2.24) is 0 Å². The molecule has 0 saturated heterocycles. The normalized spacial score (nSPS) is 9.57. The molecule has 3 heteroatoms. The topological polar surface area (TPSA) is 0 Å². The Kier molecular flexibility index (Phi) is 8.18. The fourth-order valence-corrected chi connectivity index (χ4v) is 4.48. The van der Waals surface area contributed by atoms with E-state index in [9.17, 15) is 0 Å². The summed E-state index contributed by atoms with van der Waals surface area (Å²) < 4.78 is 0. The average Bonchev–Trinajstić information content (AvgIpc) is 2.51. The molecular formula is C18H16AuBrP. The molecule has 0 aromatic heterocycles. The first-order chi connectivity index (χ1) is 9.45. The van der Waals surface area contributed by atoms with Gasteiger partial charge in [0, 0.05) is 22.4 Å². The van der Waals surface area contributed by atoms with Crippen LogP contribution in [0.5, 0.6) is 0 Å². The average molecular weight is 540 g/mol. The van der Waals surface area contributed by atoms with Crippen molar-refractivity contribution in [1.29, 1.82) is 0 Å². The molecule has 0 bridgehead atoms. The van der Waals surface area contributed by atoms with Crippen LogP contribution in [0.1, 0.15) is 0 Å². The van der Waals surface area contributed by atoms with Crippen molar-refractivity contribution < 1.29 is 22.4 Å². The van der Waals surface area contributed by atoms with Gasteiger partial charge in [0.2, 0.25) is 0 Å². The molecule has 111 valence electrons. The summed E-state index contributed by atoms with van der Waals surface area (Å²) in [7, 11) is -0.446. The van der Waals surface area contributed by atoms with Gasteiger partial charge in [0.25, 0.3) is 0 Å². The van der Waals surface area contributed by atoms with Crippen molar-refractivity contribution >= 4 is 40.8 Å². The van der Waals surface area contributed by atoms with Crippen LogP contribution in [0.15, 0.2) is 91.0 Å². The van der Waals surface area contributed by atoms with Crippen LogP contribution in [0.2, 0.25) is 0 Å². The first kappa shape index (κ1) is 18.4. The Hall–Kier alpha value is -0.690. The second kappa shape index (κ2) is 9.35. The largest absolute Gasteiger partial charge is 0.114 e. The van der Waals surface area contributed by atoms with E-state index in [0.29, 0.717) is 0 Å². The third-order valence-electron chi connectivity index (χ3n) is 3.04. The monoisotopic (exact) mass is 539 g/mol. The van der Waals surface area contributed by atoms with Crippen molar-refractivity contribution in [3.8, 4) is 0 Å². The number of halogens is 1. The molecule has 0 atom stereocenters. The van der Waals surface area contributed by atoms with Gasteiger partial charge in [0.1, 0.15) is 0 Å². The summed E-state index contributed by atoms with van der Waals surface area (Å²) in [5.74, 6) is 0. The maximum atomic E-state index is 2.23. The number of hydrogen-bond acceptors (Lipinski definition) is 0. The smallest absolute Gasteiger partial charge is 0 e. The van der Waals surface area contributed by atoms with Crippen LogP contribution in [0, 0.1) is 0 Å². The molecule has 3 aromatic carbocycles. The fraction of sp³-hybridized carbons (Fsp3) is 0. The molecule has 0 heterocycles. The van der Waals surface area contributed by atoms with Crippen LogP contribution in [0.25, 0.3) is 0 Å². The maximum Gasteiger partial charge on any atom is 0 e. The van der Waals surface area contributed by atoms with Gasteiger partial charge >= 0.3 is 0 Å². The van der Waals surface area contributed by atoms with Crippen LogP contribution < -0.4 is 15.9 Å². The molecule has 3 aromatic rings. The number of rotatable bonds is 3. The summed E-state index contributed by atoms with van der Waals surface area (Å²) in [5, 5.41) is 4.19. The molecule has 0 aliphatic rings. The van der Waals surface area contributed by atoms with E-state index in [4.69, 9.17) is 0 Å². The van der Waals surface area contributed by atoms with Crippen molar-refractivity contribution in [2.45, 2.75) is 0 Å². The molecule has 1 radical (unpaired) electrons. The minimum atomic E-state index is -0.446. The summed E-state index contributed by atoms with van der Waals surface area (Å²) in [4.78, 5) is 0. The first-order valence-electron chi connectivity index (χ1n) is 6.40. The van der Waals surface area contributed by atoms with Gasteiger partial charge in [-0.3, -0.25) is 0 Å². The zero-order chi connectivity index (χ0) is 12.9. The fourth-order valence-electron chi connectivity index (χ4n) is 2.18. The van der Waals surface area contributed by atoms with Crippen LogP contribution in [0.4, 0.5) is 0 Å². The molecule has 0 amide bonds. The SMILES string of the molecule is Br.[Au].c1ccc(P(c2ccccc2)c2ccccc2)cc1. The van der Waals surface area contributed by atoms with Gasteiger partial charge in [-0.15, -0.1) is 17.0 Å². The second-order valence-corrected chi connectivity index (χ2v) is 6.56. The molecule has 0 fully saturated rings. The number of hydrogen-bond donors (Lipinski definition) is 0. The van der Waals surface area contributed by atoms with E-state index in [2.05, 4.69) is 91.0 Å². The quantitative estimate of drug-likeness (QED) is 0.348. The molecular weight excluding hydrogens is 524 g/mol. The maximum absolute atomic E-state index is 2.23. The van der Waals surface area contributed by atoms with E-state index < -0.39 is 7.92 Å². The first-order valence-corrected chi connectivity index (χ1v) is 7.74. The van der Waals surface area contributed by atoms with E-state index in [0.717, 1.165) is 0 Å². The minimum absolute atomic E-state index is 0. The molecule has 0 aliphatic carbocycles. The molecule has 0 unspecified atom stereocenters. The van der Waals surface area contributed by atoms with E-state index in [1.807, 2.05) is 0 Å². The van der Waals surface area contributed by atoms with E-state index >= 15 is 0 Å². The summed E-state index contributed by atoms with van der Waals surface area (Å²) in [6, 6.07) is 32.3. The summed E-state index contributed by atoms with van der Waals surface area (Å²) in [6.45, 7) is 0. The predicted octanol–water partition coefficient (Wildman–Crippen LogP) is 4.02. The molecule has 3 rings (SSSR count). The second-order valence-electron chi connectivity index (χ2n) is 4.34. The van der Waals surface area contributed by atoms with Crippen molar-refractivity contribution in [2.24, 2.45) is 0 Å². The number of benzene rings is 3. The summed E-state index contributed by atoms with van der Waals surface area (Å²) in [6.07, 6.45) is 0. The van der Waals surface area contributed by atoms with E-state index in [1.54, 1.807) is 0 Å². The van der Waals surface area contributed by atoms with Gasteiger partial charge in [-0.1, -0.05) is 91.0 Å². The molecule has 0 saturated carbocycles. The van der Waals surface area contributed by atoms with Crippen LogP contribution in [0.3, 0.4) is 0 Å². The zero-order valence-corrected chi connectivity index (χ0v) is 16.1. The van der Waals surface area contributed by atoms with Gasteiger partial charge < -0.3 is 0 Å². The van der Waals surface area contributed by atoms with Crippen molar-refractivity contribution in [3.63, 3.8) is 0 Å². The van der Waals surface area contributed by atoms with Gasteiger partial charge in [0.05, 0.1) is 0 Å². The Labute approximate surface area is 153 Å². The van der Waals surface area contributed by atoms with Gasteiger partial charge in [0.15, 0.2) is 0 Å². The standard InChI is InChI=1S/C18H15P.Au.BrH/c1-4-10-16(11-5-1)19(17-12-6-2-7-13-17)18-14-8-3-9-15-18;;/h1-15H;;1H. The van der Waals surface area contributed by atoms with Gasteiger partial charge in [-0.05, 0) is 23.8 Å². The van der Waals surface area contributed by atoms with Gasteiger partial charge in [-0.2, -0.15) is 0 Å². The van der Waals surface area contributed by atoms with Crippen molar-refractivity contribution in [2.75, 3.05) is 0 Å². The van der Waals surface area contributed by atoms with Crippen LogP contribution >= 0.6 is 24.9 Å². The zero-order valence-electron chi connectivity index (χ0n) is 11.3. The molecule has 0 spiro atoms. The predicted molar refractivity (Wildman–Crippen MR) is 95.5 cm³/mol. The molecule has 0 aliphatic heterocycles. The molecule has 0 N–H and O–H groups in total. The summed E-state index contributed by atoms with van der Waals surface area (Å²) in [5.41, 5.74) is 0. The summed E-state index contributed by atoms with van der Waals surface area (Å²) >= 11 is 0. The molecule has 0 nitrogen and oxygen atoms in total. The Morgan fingerprint density at radius 2 is 0.667 bits per heavy atom. The minimum Gasteiger partial charge on any atom is -0.114 e. The van der Waals surface area contributed by atoms with E-state index in [1.165, 1.54) is 15.9 Å². The third-order valence-corrected chi connectivity index (χ3v) is 5.49. The van der Waals surface area contributed by atoms with Crippen molar-refractivity contribution in [3.05, 3.63) is 91.0 Å². The Bertz CT molecular complexity index is 535. The van der Waals surface area contributed by atoms with Gasteiger partial charge in [-0.25, -0.2) is 0 Å². The Balaban J connectivity index is 0.00000110. The Morgan fingerprint density at radius 1 is 0.429 bits per heavy atom. The van der Waals surface area contributed by atoms with E-state index in [-0.39, 0.29) is 39.4 Å². The van der Waals surface area contributed by atoms with Crippen LogP contribution in [-0.4, -0.2) is 0 Å².